The number of hydrazine groups is 1. The van der Waals surface area contributed by atoms with Gasteiger partial charge in [-0.1, -0.05) is 42.5 Å². The molecular formula is C17H17N3O2S. The van der Waals surface area contributed by atoms with Crippen LogP contribution in [0.4, 0.5) is 5.69 Å². The van der Waals surface area contributed by atoms with Crippen LogP contribution in [0.3, 0.4) is 0 Å². The maximum atomic E-state index is 10.9. The number of hydrogen-bond donors (Lipinski definition) is 4. The third-order valence-corrected chi connectivity index (χ3v) is 3.30. The molecular weight excluding hydrogens is 310 g/mol. The normalized spacial score (nSPS) is 9.78. The van der Waals surface area contributed by atoms with E-state index >= 15 is 0 Å². The lowest BCUT2D eigenvalue weighted by molar-refractivity contribution is 0.0697. The van der Waals surface area contributed by atoms with Gasteiger partial charge in [-0.15, -0.1) is 0 Å². The third kappa shape index (κ3) is 4.82. The van der Waals surface area contributed by atoms with E-state index in [2.05, 4.69) is 22.7 Å². The van der Waals surface area contributed by atoms with Crippen molar-refractivity contribution in [2.24, 2.45) is 0 Å². The van der Waals surface area contributed by atoms with Crippen LogP contribution in [0.25, 0.3) is 5.70 Å². The Morgan fingerprint density at radius 3 is 2.43 bits per heavy atom. The van der Waals surface area contributed by atoms with Gasteiger partial charge in [-0.05, 0) is 42.9 Å². The number of carboxylic acid groups (broad SMARTS) is 1. The van der Waals surface area contributed by atoms with Crippen LogP contribution in [-0.2, 0) is 0 Å². The second-order valence-electron chi connectivity index (χ2n) is 4.93. The molecule has 0 saturated carbocycles. The van der Waals surface area contributed by atoms with Gasteiger partial charge in [-0.25, -0.2) is 4.79 Å². The molecule has 118 valence electrons. The zero-order chi connectivity index (χ0) is 16.8. The highest BCUT2D eigenvalue weighted by atomic mass is 32.1. The highest BCUT2D eigenvalue weighted by Gasteiger charge is 2.04. The highest BCUT2D eigenvalue weighted by molar-refractivity contribution is 7.80. The number of carboxylic acids is 1. The van der Waals surface area contributed by atoms with E-state index in [0.29, 0.717) is 16.5 Å². The second-order valence-corrected chi connectivity index (χ2v) is 5.34. The van der Waals surface area contributed by atoms with Gasteiger partial charge in [-0.2, -0.15) is 0 Å². The highest BCUT2D eigenvalue weighted by Crippen LogP contribution is 2.11. The summed E-state index contributed by atoms with van der Waals surface area (Å²) < 4.78 is 0. The molecule has 0 heterocycles. The number of rotatable bonds is 5. The minimum Gasteiger partial charge on any atom is -0.478 e. The molecule has 0 aliphatic heterocycles. The smallest absolute Gasteiger partial charge is 0.335 e. The molecule has 23 heavy (non-hydrogen) atoms. The van der Waals surface area contributed by atoms with Crippen molar-refractivity contribution in [3.05, 3.63) is 71.8 Å². The average molecular weight is 327 g/mol. The van der Waals surface area contributed by atoms with Gasteiger partial charge in [0.1, 0.15) is 0 Å². The van der Waals surface area contributed by atoms with Crippen LogP contribution in [0.15, 0.2) is 55.1 Å². The summed E-state index contributed by atoms with van der Waals surface area (Å²) in [5, 5.41) is 12.2. The van der Waals surface area contributed by atoms with Crippen molar-refractivity contribution in [3.8, 4) is 0 Å². The molecule has 0 saturated heterocycles. The first-order valence-corrected chi connectivity index (χ1v) is 7.29. The summed E-state index contributed by atoms with van der Waals surface area (Å²) in [6.07, 6.45) is 0. The van der Waals surface area contributed by atoms with E-state index in [4.69, 9.17) is 17.3 Å². The number of nitrogens with one attached hydrogen (secondary N) is 3. The number of hydrogen-bond acceptors (Lipinski definition) is 3. The van der Waals surface area contributed by atoms with E-state index < -0.39 is 5.97 Å². The molecule has 0 aromatic heterocycles. The molecule has 2 rings (SSSR count). The van der Waals surface area contributed by atoms with E-state index in [-0.39, 0.29) is 5.56 Å². The van der Waals surface area contributed by atoms with Gasteiger partial charge in [-0.3, -0.25) is 10.9 Å². The summed E-state index contributed by atoms with van der Waals surface area (Å²) in [6.45, 7) is 5.95. The number of aromatic carboxylic acids is 1. The third-order valence-electron chi connectivity index (χ3n) is 3.09. The minimum absolute atomic E-state index is 0.190. The van der Waals surface area contributed by atoms with E-state index in [0.717, 1.165) is 5.56 Å². The lowest BCUT2D eigenvalue weighted by atomic mass is 10.1. The molecule has 0 bridgehead atoms. The Labute approximate surface area is 140 Å². The van der Waals surface area contributed by atoms with Gasteiger partial charge in [0.25, 0.3) is 0 Å². The molecule has 0 aliphatic rings. The van der Waals surface area contributed by atoms with Crippen LogP contribution in [0, 0.1) is 6.92 Å². The fraction of sp³-hybridized carbons (Fsp3) is 0.0588. The molecule has 0 atom stereocenters. The van der Waals surface area contributed by atoms with Crippen LogP contribution in [0.5, 0.6) is 0 Å². The first-order chi connectivity index (χ1) is 11.0. The Hall–Kier alpha value is -2.86. The SMILES string of the molecule is C=C(NNC(=S)Nc1cccc(C(=O)O)c1)c1ccc(C)cc1. The van der Waals surface area contributed by atoms with Gasteiger partial charge < -0.3 is 10.4 Å². The van der Waals surface area contributed by atoms with Gasteiger partial charge in [0.15, 0.2) is 5.11 Å². The van der Waals surface area contributed by atoms with E-state index in [9.17, 15) is 4.79 Å². The fourth-order valence-corrected chi connectivity index (χ4v) is 2.02. The Bertz CT molecular complexity index is 742. The van der Waals surface area contributed by atoms with Crippen LogP contribution in [0.1, 0.15) is 21.5 Å². The van der Waals surface area contributed by atoms with Crippen molar-refractivity contribution < 1.29 is 9.90 Å². The quantitative estimate of drug-likeness (QED) is 0.499. The summed E-state index contributed by atoms with van der Waals surface area (Å²) in [4.78, 5) is 10.9. The topological polar surface area (TPSA) is 73.4 Å². The summed E-state index contributed by atoms with van der Waals surface area (Å²) in [5.41, 5.74) is 9.29. The fourth-order valence-electron chi connectivity index (χ4n) is 1.85. The van der Waals surface area contributed by atoms with E-state index in [1.165, 1.54) is 17.7 Å². The Morgan fingerprint density at radius 1 is 1.09 bits per heavy atom. The molecule has 2 aromatic rings. The average Bonchev–Trinajstić information content (AvgIpc) is 2.53. The largest absolute Gasteiger partial charge is 0.478 e. The van der Waals surface area contributed by atoms with Crippen molar-refractivity contribution in [2.45, 2.75) is 6.92 Å². The number of carbonyl (C=O) groups is 1. The number of benzene rings is 2. The first-order valence-electron chi connectivity index (χ1n) is 6.88. The zero-order valence-corrected chi connectivity index (χ0v) is 13.4. The van der Waals surface area contributed by atoms with Crippen LogP contribution in [-0.4, -0.2) is 16.2 Å². The van der Waals surface area contributed by atoms with Crippen molar-refractivity contribution in [2.75, 3.05) is 5.32 Å². The summed E-state index contributed by atoms with van der Waals surface area (Å²) in [7, 11) is 0. The van der Waals surface area contributed by atoms with Crippen molar-refractivity contribution in [1.82, 2.24) is 10.9 Å². The van der Waals surface area contributed by atoms with E-state index in [1.54, 1.807) is 12.1 Å². The molecule has 5 nitrogen and oxygen atoms in total. The molecule has 4 N–H and O–H groups in total. The molecule has 6 heteroatoms. The molecule has 0 radical (unpaired) electrons. The predicted molar refractivity (Wildman–Crippen MR) is 96.1 cm³/mol. The Kier molecular flexibility index (Phi) is 5.32. The molecule has 2 aromatic carbocycles. The van der Waals surface area contributed by atoms with Crippen LogP contribution >= 0.6 is 12.2 Å². The van der Waals surface area contributed by atoms with Crippen molar-refractivity contribution in [3.63, 3.8) is 0 Å². The summed E-state index contributed by atoms with van der Waals surface area (Å²) in [5.74, 6) is -0.988. The van der Waals surface area contributed by atoms with Gasteiger partial charge >= 0.3 is 5.97 Å². The number of thiocarbonyl (C=S) groups is 1. The Morgan fingerprint density at radius 2 is 1.78 bits per heavy atom. The first kappa shape index (κ1) is 16.5. The molecule has 0 spiro atoms. The number of aryl methyl sites for hydroxylation is 1. The Balaban J connectivity index is 1.90. The maximum Gasteiger partial charge on any atom is 0.335 e. The standard InChI is InChI=1S/C17H17N3O2S/c1-11-6-8-13(9-7-11)12(2)19-20-17(23)18-15-5-3-4-14(10-15)16(21)22/h3-10,19H,2H2,1H3,(H,21,22)(H2,18,20,23). The number of anilines is 1. The summed E-state index contributed by atoms with van der Waals surface area (Å²) >= 11 is 5.16. The molecule has 0 aliphatic carbocycles. The summed E-state index contributed by atoms with van der Waals surface area (Å²) in [6, 6.07) is 14.3. The van der Waals surface area contributed by atoms with Gasteiger partial charge in [0.2, 0.25) is 0 Å². The monoisotopic (exact) mass is 327 g/mol. The predicted octanol–water partition coefficient (Wildman–Crippen LogP) is 3.16. The van der Waals surface area contributed by atoms with Crippen molar-refractivity contribution >= 4 is 34.7 Å². The van der Waals surface area contributed by atoms with Gasteiger partial charge in [0, 0.05) is 5.69 Å². The van der Waals surface area contributed by atoms with Crippen LogP contribution in [0.2, 0.25) is 0 Å². The van der Waals surface area contributed by atoms with Crippen molar-refractivity contribution in [1.29, 1.82) is 0 Å². The lowest BCUT2D eigenvalue weighted by Crippen LogP contribution is -2.38. The maximum absolute atomic E-state index is 10.9. The van der Waals surface area contributed by atoms with Crippen LogP contribution < -0.4 is 16.2 Å². The minimum atomic E-state index is -0.988. The molecule has 0 amide bonds. The second kappa shape index (κ2) is 7.42. The lowest BCUT2D eigenvalue weighted by Gasteiger charge is -2.14. The zero-order valence-electron chi connectivity index (χ0n) is 12.6. The van der Waals surface area contributed by atoms with E-state index in [1.807, 2.05) is 31.2 Å². The molecule has 0 fully saturated rings. The molecule has 0 unspecified atom stereocenters. The van der Waals surface area contributed by atoms with Gasteiger partial charge in [0.05, 0.1) is 11.3 Å².